The van der Waals surface area contributed by atoms with Crippen LogP contribution in [0.2, 0.25) is 0 Å². The first-order valence-electron chi connectivity index (χ1n) is 12.4. The number of fused-ring (bicyclic) bond motifs is 3. The lowest BCUT2D eigenvalue weighted by atomic mass is 10.0. The van der Waals surface area contributed by atoms with Crippen molar-refractivity contribution in [3.05, 3.63) is 42.0 Å². The van der Waals surface area contributed by atoms with Crippen LogP contribution in [0.3, 0.4) is 0 Å². The van der Waals surface area contributed by atoms with E-state index >= 15 is 0 Å². The van der Waals surface area contributed by atoms with Crippen molar-refractivity contribution in [2.24, 2.45) is 0 Å². The molecular formula is C26H30F2N6O. The maximum atomic E-state index is 14.6. The van der Waals surface area contributed by atoms with Gasteiger partial charge in [0.2, 0.25) is 0 Å². The van der Waals surface area contributed by atoms with Gasteiger partial charge in [0, 0.05) is 47.9 Å². The van der Waals surface area contributed by atoms with Gasteiger partial charge in [-0.15, -0.1) is 0 Å². The van der Waals surface area contributed by atoms with Crippen molar-refractivity contribution >= 4 is 22.4 Å². The minimum Gasteiger partial charge on any atom is -0.462 e. The van der Waals surface area contributed by atoms with Gasteiger partial charge in [-0.3, -0.25) is 0 Å². The van der Waals surface area contributed by atoms with Gasteiger partial charge in [-0.2, -0.15) is 9.97 Å². The fourth-order valence-electron chi connectivity index (χ4n) is 5.72. The molecule has 2 bridgehead atoms. The summed E-state index contributed by atoms with van der Waals surface area (Å²) in [6.07, 6.45) is 4.56. The van der Waals surface area contributed by atoms with E-state index in [1.54, 1.807) is 12.1 Å². The molecule has 35 heavy (non-hydrogen) atoms. The van der Waals surface area contributed by atoms with Crippen LogP contribution < -0.4 is 20.7 Å². The summed E-state index contributed by atoms with van der Waals surface area (Å²) < 4.78 is 34.8. The summed E-state index contributed by atoms with van der Waals surface area (Å²) in [5.74, 6) is -1.06. The Hall–Kier alpha value is -3.04. The fraction of sp³-hybridized carbons (Fsp3) is 0.462. The number of nitrogens with one attached hydrogen (secondary N) is 1. The Morgan fingerprint density at radius 3 is 2.63 bits per heavy atom. The molecule has 0 aliphatic carbocycles. The number of halogens is 2. The minimum absolute atomic E-state index is 0.111. The number of hydrogen-bond donors (Lipinski definition) is 2. The molecule has 184 valence electrons. The zero-order valence-electron chi connectivity index (χ0n) is 19.8. The first kappa shape index (κ1) is 22.4. The van der Waals surface area contributed by atoms with Crippen LogP contribution >= 0.6 is 0 Å². The normalized spacial score (nSPS) is 24.4. The predicted octanol–water partition coefficient (Wildman–Crippen LogP) is 3.57. The van der Waals surface area contributed by atoms with Crippen molar-refractivity contribution in [2.45, 2.75) is 43.8 Å². The molecule has 6 rings (SSSR count). The Morgan fingerprint density at radius 1 is 1.09 bits per heavy atom. The molecule has 3 saturated heterocycles. The van der Waals surface area contributed by atoms with Crippen LogP contribution in [0.4, 0.5) is 20.3 Å². The molecule has 1 aromatic heterocycles. The van der Waals surface area contributed by atoms with Gasteiger partial charge in [0.1, 0.15) is 12.4 Å². The highest BCUT2D eigenvalue weighted by atomic mass is 19.2. The predicted molar refractivity (Wildman–Crippen MR) is 133 cm³/mol. The summed E-state index contributed by atoms with van der Waals surface area (Å²) in [7, 11) is 2.11. The number of rotatable bonds is 5. The zero-order chi connectivity index (χ0) is 24.1. The van der Waals surface area contributed by atoms with Crippen molar-refractivity contribution in [1.29, 1.82) is 0 Å². The molecule has 4 heterocycles. The zero-order valence-corrected chi connectivity index (χ0v) is 19.8. The third-order valence-corrected chi connectivity index (χ3v) is 7.61. The van der Waals surface area contributed by atoms with Gasteiger partial charge in [0.05, 0.1) is 5.52 Å². The van der Waals surface area contributed by atoms with Gasteiger partial charge in [-0.05, 0) is 69.1 Å². The van der Waals surface area contributed by atoms with Gasteiger partial charge in [0.15, 0.2) is 11.6 Å². The number of ether oxygens (including phenoxy) is 1. The molecule has 0 saturated carbocycles. The smallest absolute Gasteiger partial charge is 0.319 e. The van der Waals surface area contributed by atoms with Gasteiger partial charge in [0.25, 0.3) is 0 Å². The number of benzene rings is 2. The van der Waals surface area contributed by atoms with Gasteiger partial charge < -0.3 is 25.6 Å². The van der Waals surface area contributed by atoms with Crippen LogP contribution in [0, 0.1) is 11.6 Å². The molecule has 3 aliphatic rings. The van der Waals surface area contributed by atoms with Crippen LogP contribution in [0.15, 0.2) is 30.3 Å². The van der Waals surface area contributed by atoms with Crippen molar-refractivity contribution < 1.29 is 13.5 Å². The van der Waals surface area contributed by atoms with Crippen LogP contribution in [-0.4, -0.2) is 66.3 Å². The summed E-state index contributed by atoms with van der Waals surface area (Å²) in [5, 5.41) is 4.52. The average molecular weight is 481 g/mol. The molecule has 3 aromatic rings. The van der Waals surface area contributed by atoms with Crippen molar-refractivity contribution in [3.63, 3.8) is 0 Å². The van der Waals surface area contributed by atoms with E-state index in [4.69, 9.17) is 15.5 Å². The first-order chi connectivity index (χ1) is 16.9. The van der Waals surface area contributed by atoms with E-state index in [1.165, 1.54) is 6.07 Å². The molecule has 0 spiro atoms. The van der Waals surface area contributed by atoms with Gasteiger partial charge >= 0.3 is 6.01 Å². The number of hydrogen-bond acceptors (Lipinski definition) is 7. The van der Waals surface area contributed by atoms with E-state index in [9.17, 15) is 8.78 Å². The average Bonchev–Trinajstić information content (AvgIpc) is 3.42. The molecule has 7 nitrogen and oxygen atoms in total. The second kappa shape index (κ2) is 8.87. The highest BCUT2D eigenvalue weighted by molar-refractivity contribution is 5.93. The molecule has 2 aromatic carbocycles. The number of likely N-dealkylation sites (N-methyl/N-ethyl adjacent to an activating group) is 1. The van der Waals surface area contributed by atoms with E-state index in [1.807, 2.05) is 6.07 Å². The quantitative estimate of drug-likeness (QED) is 0.541. The van der Waals surface area contributed by atoms with E-state index in [0.717, 1.165) is 62.6 Å². The van der Waals surface area contributed by atoms with Crippen LogP contribution in [0.1, 0.15) is 25.7 Å². The summed E-state index contributed by atoms with van der Waals surface area (Å²) in [6.45, 7) is 3.31. The summed E-state index contributed by atoms with van der Waals surface area (Å²) in [5.41, 5.74) is 7.22. The summed E-state index contributed by atoms with van der Waals surface area (Å²) >= 11 is 0. The second-order valence-corrected chi connectivity index (χ2v) is 10.1. The maximum Gasteiger partial charge on any atom is 0.319 e. The third-order valence-electron chi connectivity index (χ3n) is 7.61. The van der Waals surface area contributed by atoms with Crippen molar-refractivity contribution in [1.82, 2.24) is 20.2 Å². The highest BCUT2D eigenvalue weighted by Gasteiger charge is 2.34. The van der Waals surface area contributed by atoms with Crippen LogP contribution in [0.5, 0.6) is 6.01 Å². The number of piperazine rings is 1. The molecule has 3 aliphatic heterocycles. The number of nitrogens with two attached hydrogens (primary N) is 1. The van der Waals surface area contributed by atoms with Crippen LogP contribution in [-0.2, 0) is 0 Å². The van der Waals surface area contributed by atoms with Crippen molar-refractivity contribution in [2.75, 3.05) is 43.9 Å². The minimum atomic E-state index is -0.968. The SMILES string of the molecule is CN1CCC[C@H]1COc1nc(N2C[C@H]3CC[C@@H](C2)N3)c2ccc(-c3cc(N)cc(F)c3F)cc2n1. The number of nitrogen functional groups attached to an aromatic ring is 1. The van der Waals surface area contributed by atoms with E-state index < -0.39 is 11.6 Å². The summed E-state index contributed by atoms with van der Waals surface area (Å²) in [4.78, 5) is 14.1. The summed E-state index contributed by atoms with van der Waals surface area (Å²) in [6, 6.07) is 9.41. The highest BCUT2D eigenvalue weighted by Crippen LogP contribution is 2.34. The Bertz CT molecular complexity index is 1260. The van der Waals surface area contributed by atoms with Gasteiger partial charge in [-0.1, -0.05) is 6.07 Å². The number of aromatic nitrogens is 2. The van der Waals surface area contributed by atoms with Crippen LogP contribution in [0.25, 0.3) is 22.0 Å². The third kappa shape index (κ3) is 4.27. The Kier molecular flexibility index (Phi) is 5.69. The number of likely N-dealkylation sites (tertiary alicyclic amines) is 1. The molecule has 3 N–H and O–H groups in total. The van der Waals surface area contributed by atoms with E-state index in [-0.39, 0.29) is 11.3 Å². The first-order valence-corrected chi connectivity index (χ1v) is 12.4. The standard InChI is InChI=1S/C26H30F2N6O/c1-33-8-2-3-19(33)14-35-26-31-23-9-15(21-10-16(29)11-22(27)24(21)28)4-7-20(23)25(32-26)34-12-17-5-6-18(13-34)30-17/h4,7,9-11,17-19,30H,2-3,5-6,8,12-14,29H2,1H3/t17-,18+,19-/m0/s1. The largest absolute Gasteiger partial charge is 0.462 e. The second-order valence-electron chi connectivity index (χ2n) is 10.1. The molecule has 9 heteroatoms. The van der Waals surface area contributed by atoms with E-state index in [0.29, 0.717) is 41.8 Å². The maximum absolute atomic E-state index is 14.6. The van der Waals surface area contributed by atoms with E-state index in [2.05, 4.69) is 27.1 Å². The Balaban J connectivity index is 1.41. The molecular weight excluding hydrogens is 450 g/mol. The Morgan fingerprint density at radius 2 is 1.89 bits per heavy atom. The lowest BCUT2D eigenvalue weighted by molar-refractivity contribution is 0.188. The Labute approximate surface area is 203 Å². The molecule has 0 unspecified atom stereocenters. The molecule has 3 fully saturated rings. The van der Waals surface area contributed by atoms with Gasteiger partial charge in [-0.25, -0.2) is 8.78 Å². The molecule has 3 atom stereocenters. The monoisotopic (exact) mass is 480 g/mol. The fourth-order valence-corrected chi connectivity index (χ4v) is 5.72. The number of anilines is 2. The number of nitrogens with zero attached hydrogens (tertiary/aromatic N) is 4. The topological polar surface area (TPSA) is 79.5 Å². The molecule has 0 amide bonds. The lowest BCUT2D eigenvalue weighted by Crippen LogP contribution is -2.51. The lowest BCUT2D eigenvalue weighted by Gasteiger charge is -2.34. The molecule has 0 radical (unpaired) electrons. The van der Waals surface area contributed by atoms with Crippen molar-refractivity contribution in [3.8, 4) is 17.1 Å².